The Hall–Kier alpha value is -0.0800. The molecule has 14 heavy (non-hydrogen) atoms. The summed E-state index contributed by atoms with van der Waals surface area (Å²) < 4.78 is 0. The molecule has 0 aromatic rings. The van der Waals surface area contributed by atoms with Gasteiger partial charge in [0.05, 0.1) is 6.10 Å². The van der Waals surface area contributed by atoms with Crippen LogP contribution in [0.25, 0.3) is 0 Å². The van der Waals surface area contributed by atoms with Crippen LogP contribution in [-0.2, 0) is 0 Å². The van der Waals surface area contributed by atoms with E-state index in [0.717, 1.165) is 11.8 Å². The van der Waals surface area contributed by atoms with E-state index in [1.807, 2.05) is 6.92 Å². The van der Waals surface area contributed by atoms with E-state index in [4.69, 9.17) is 0 Å². The largest absolute Gasteiger partial charge is 0.392 e. The third kappa shape index (κ3) is 2.12. The SMILES string of the molecule is CC(O)C(C)NC1CC2CCC1CC2. The van der Waals surface area contributed by atoms with Crippen LogP contribution in [0, 0.1) is 11.8 Å². The van der Waals surface area contributed by atoms with Crippen molar-refractivity contribution in [2.75, 3.05) is 0 Å². The summed E-state index contributed by atoms with van der Waals surface area (Å²) in [6.45, 7) is 3.96. The highest BCUT2D eigenvalue weighted by Crippen LogP contribution is 2.41. The predicted octanol–water partition coefficient (Wildman–Crippen LogP) is 1.92. The van der Waals surface area contributed by atoms with E-state index in [2.05, 4.69) is 12.2 Å². The summed E-state index contributed by atoms with van der Waals surface area (Å²) in [4.78, 5) is 0. The molecule has 2 N–H and O–H groups in total. The van der Waals surface area contributed by atoms with Crippen LogP contribution in [0.1, 0.15) is 46.0 Å². The highest BCUT2D eigenvalue weighted by Gasteiger charge is 2.36. The summed E-state index contributed by atoms with van der Waals surface area (Å²) in [7, 11) is 0. The monoisotopic (exact) mass is 197 g/mol. The van der Waals surface area contributed by atoms with Crippen LogP contribution in [0.5, 0.6) is 0 Å². The molecule has 3 atom stereocenters. The zero-order valence-corrected chi connectivity index (χ0v) is 9.37. The molecule has 0 aromatic heterocycles. The van der Waals surface area contributed by atoms with Crippen LogP contribution in [0.4, 0.5) is 0 Å². The first kappa shape index (κ1) is 10.4. The number of nitrogens with one attached hydrogen (secondary N) is 1. The summed E-state index contributed by atoms with van der Waals surface area (Å²) >= 11 is 0. The predicted molar refractivity (Wildman–Crippen MR) is 58.1 cm³/mol. The third-order valence-electron chi connectivity index (χ3n) is 4.25. The third-order valence-corrected chi connectivity index (χ3v) is 4.25. The van der Waals surface area contributed by atoms with Crippen LogP contribution < -0.4 is 5.32 Å². The molecule has 2 heteroatoms. The first-order chi connectivity index (χ1) is 6.66. The van der Waals surface area contributed by atoms with Crippen molar-refractivity contribution in [1.29, 1.82) is 0 Å². The number of hydrogen-bond acceptors (Lipinski definition) is 2. The Bertz CT molecular complexity index is 185. The molecule has 2 nitrogen and oxygen atoms in total. The second kappa shape index (κ2) is 4.19. The van der Waals surface area contributed by atoms with Crippen molar-refractivity contribution in [1.82, 2.24) is 5.32 Å². The smallest absolute Gasteiger partial charge is 0.0662 e. The van der Waals surface area contributed by atoms with Crippen molar-refractivity contribution in [2.45, 2.75) is 64.1 Å². The Morgan fingerprint density at radius 1 is 1.14 bits per heavy atom. The van der Waals surface area contributed by atoms with Gasteiger partial charge in [0.25, 0.3) is 0 Å². The number of hydrogen-bond donors (Lipinski definition) is 2. The lowest BCUT2D eigenvalue weighted by Crippen LogP contribution is -2.50. The van der Waals surface area contributed by atoms with Crippen molar-refractivity contribution < 1.29 is 5.11 Å². The summed E-state index contributed by atoms with van der Waals surface area (Å²) in [6.07, 6.45) is 6.85. The van der Waals surface area contributed by atoms with Gasteiger partial charge in [0.1, 0.15) is 0 Å². The number of aliphatic hydroxyl groups is 1. The van der Waals surface area contributed by atoms with Crippen molar-refractivity contribution in [3.63, 3.8) is 0 Å². The fourth-order valence-corrected chi connectivity index (χ4v) is 3.06. The second-order valence-electron chi connectivity index (χ2n) is 5.32. The maximum absolute atomic E-state index is 9.46. The Balaban J connectivity index is 1.86. The Morgan fingerprint density at radius 2 is 1.79 bits per heavy atom. The van der Waals surface area contributed by atoms with Gasteiger partial charge in [-0.15, -0.1) is 0 Å². The fourth-order valence-electron chi connectivity index (χ4n) is 3.06. The number of fused-ring (bicyclic) bond motifs is 3. The molecular weight excluding hydrogens is 174 g/mol. The Labute approximate surface area is 87.1 Å². The van der Waals surface area contributed by atoms with Gasteiger partial charge in [-0.3, -0.25) is 0 Å². The van der Waals surface area contributed by atoms with Crippen LogP contribution in [-0.4, -0.2) is 23.3 Å². The average Bonchev–Trinajstić information content (AvgIpc) is 2.19. The molecule has 3 saturated carbocycles. The Morgan fingerprint density at radius 3 is 2.21 bits per heavy atom. The average molecular weight is 197 g/mol. The molecule has 0 amide bonds. The molecule has 3 aliphatic carbocycles. The molecule has 0 aliphatic heterocycles. The first-order valence-electron chi connectivity index (χ1n) is 6.11. The molecule has 3 aliphatic rings. The highest BCUT2D eigenvalue weighted by molar-refractivity contribution is 4.91. The minimum absolute atomic E-state index is 0.226. The molecule has 3 unspecified atom stereocenters. The summed E-state index contributed by atoms with van der Waals surface area (Å²) in [5, 5.41) is 13.1. The van der Waals surface area contributed by atoms with E-state index < -0.39 is 0 Å². The summed E-state index contributed by atoms with van der Waals surface area (Å²) in [5.41, 5.74) is 0. The van der Waals surface area contributed by atoms with Gasteiger partial charge in [0, 0.05) is 12.1 Å². The minimum Gasteiger partial charge on any atom is -0.392 e. The van der Waals surface area contributed by atoms with E-state index >= 15 is 0 Å². The van der Waals surface area contributed by atoms with Gasteiger partial charge in [-0.2, -0.15) is 0 Å². The normalized spacial score (nSPS) is 40.9. The maximum Gasteiger partial charge on any atom is 0.0662 e. The quantitative estimate of drug-likeness (QED) is 0.724. The molecule has 0 aromatic carbocycles. The molecule has 0 spiro atoms. The van der Waals surface area contributed by atoms with Gasteiger partial charge in [-0.05, 0) is 44.9 Å². The topological polar surface area (TPSA) is 32.3 Å². The maximum atomic E-state index is 9.46. The van der Waals surface area contributed by atoms with Gasteiger partial charge in [0.2, 0.25) is 0 Å². The van der Waals surface area contributed by atoms with Gasteiger partial charge in [0.15, 0.2) is 0 Å². The molecule has 0 radical (unpaired) electrons. The molecule has 0 heterocycles. The van der Waals surface area contributed by atoms with Crippen LogP contribution >= 0.6 is 0 Å². The first-order valence-corrected chi connectivity index (χ1v) is 6.11. The van der Waals surface area contributed by atoms with Gasteiger partial charge < -0.3 is 10.4 Å². The van der Waals surface area contributed by atoms with Crippen molar-refractivity contribution >= 4 is 0 Å². The summed E-state index contributed by atoms with van der Waals surface area (Å²) in [5.74, 6) is 1.86. The van der Waals surface area contributed by atoms with E-state index in [9.17, 15) is 5.11 Å². The molecule has 3 fully saturated rings. The Kier molecular flexibility index (Phi) is 3.13. The number of rotatable bonds is 3. The van der Waals surface area contributed by atoms with E-state index in [0.29, 0.717) is 6.04 Å². The summed E-state index contributed by atoms with van der Waals surface area (Å²) in [6, 6.07) is 0.937. The van der Waals surface area contributed by atoms with E-state index in [-0.39, 0.29) is 12.1 Å². The van der Waals surface area contributed by atoms with Gasteiger partial charge in [-0.1, -0.05) is 12.8 Å². The van der Waals surface area contributed by atoms with Gasteiger partial charge in [-0.25, -0.2) is 0 Å². The zero-order valence-electron chi connectivity index (χ0n) is 9.37. The van der Waals surface area contributed by atoms with Crippen LogP contribution in [0.2, 0.25) is 0 Å². The standard InChI is InChI=1S/C12H23NO/c1-8(9(2)14)13-12-7-10-3-5-11(12)6-4-10/h8-14H,3-7H2,1-2H3. The minimum atomic E-state index is -0.226. The molecular formula is C12H23NO. The fraction of sp³-hybridized carbons (Fsp3) is 1.00. The van der Waals surface area contributed by atoms with Crippen LogP contribution in [0.15, 0.2) is 0 Å². The molecule has 3 rings (SSSR count). The number of aliphatic hydroxyl groups excluding tert-OH is 1. The van der Waals surface area contributed by atoms with Crippen molar-refractivity contribution in [2.24, 2.45) is 11.8 Å². The highest BCUT2D eigenvalue weighted by atomic mass is 16.3. The lowest BCUT2D eigenvalue weighted by molar-refractivity contribution is 0.0864. The molecule has 0 saturated heterocycles. The van der Waals surface area contributed by atoms with Gasteiger partial charge >= 0.3 is 0 Å². The second-order valence-corrected chi connectivity index (χ2v) is 5.32. The van der Waals surface area contributed by atoms with E-state index in [1.165, 1.54) is 32.1 Å². The molecule has 2 bridgehead atoms. The van der Waals surface area contributed by atoms with E-state index in [1.54, 1.807) is 0 Å². The molecule has 82 valence electrons. The van der Waals surface area contributed by atoms with Crippen LogP contribution in [0.3, 0.4) is 0 Å². The van der Waals surface area contributed by atoms with Crippen molar-refractivity contribution in [3.8, 4) is 0 Å². The lowest BCUT2D eigenvalue weighted by Gasteiger charge is -2.44. The zero-order chi connectivity index (χ0) is 10.1. The lowest BCUT2D eigenvalue weighted by atomic mass is 9.68. The van der Waals surface area contributed by atoms with Crippen molar-refractivity contribution in [3.05, 3.63) is 0 Å².